The second-order valence-corrected chi connectivity index (χ2v) is 9.40. The van der Waals surface area contributed by atoms with E-state index >= 15 is 0 Å². The van der Waals surface area contributed by atoms with Crippen LogP contribution in [0.2, 0.25) is 0 Å². The van der Waals surface area contributed by atoms with Gasteiger partial charge in [-0.15, -0.1) is 0 Å². The monoisotopic (exact) mass is 440 g/mol. The molecule has 0 saturated carbocycles. The highest BCUT2D eigenvalue weighted by atomic mass is 19.1. The minimum absolute atomic E-state index is 0.0233. The van der Waals surface area contributed by atoms with Crippen LogP contribution in [0.1, 0.15) is 37.7 Å². The lowest BCUT2D eigenvalue weighted by Gasteiger charge is -2.47. The van der Waals surface area contributed by atoms with E-state index in [0.29, 0.717) is 31.5 Å². The first-order chi connectivity index (χ1) is 15.5. The molecule has 5 rings (SSSR count). The molecule has 3 saturated heterocycles. The van der Waals surface area contributed by atoms with E-state index in [2.05, 4.69) is 15.1 Å². The molecule has 7 nitrogen and oxygen atoms in total. The summed E-state index contributed by atoms with van der Waals surface area (Å²) in [5.74, 6) is 0.262. The molecule has 1 aromatic heterocycles. The molecule has 0 bridgehead atoms. The number of ketones is 1. The molecule has 8 heteroatoms. The normalized spacial score (nSPS) is 28.5. The molecule has 1 aromatic rings. The largest absolute Gasteiger partial charge is 0.362 e. The van der Waals surface area contributed by atoms with Crippen molar-refractivity contribution < 1.29 is 18.7 Å². The minimum atomic E-state index is -1.21. The first-order valence-corrected chi connectivity index (χ1v) is 11.5. The van der Waals surface area contributed by atoms with Gasteiger partial charge in [0.1, 0.15) is 12.3 Å². The fourth-order valence-corrected chi connectivity index (χ4v) is 5.39. The number of likely N-dealkylation sites (tertiary alicyclic amines) is 2. The van der Waals surface area contributed by atoms with Crippen LogP contribution in [0, 0.1) is 5.92 Å². The second kappa shape index (κ2) is 8.83. The summed E-state index contributed by atoms with van der Waals surface area (Å²) in [6.07, 6.45) is 9.59. The summed E-state index contributed by atoms with van der Waals surface area (Å²) in [7, 11) is 0. The molecule has 0 radical (unpaired) electrons. The van der Waals surface area contributed by atoms with Crippen LogP contribution >= 0.6 is 0 Å². The van der Waals surface area contributed by atoms with Gasteiger partial charge in [0, 0.05) is 43.7 Å². The molecule has 32 heavy (non-hydrogen) atoms. The molecule has 2 atom stereocenters. The van der Waals surface area contributed by atoms with Crippen molar-refractivity contribution >= 4 is 11.7 Å². The number of amides is 1. The third kappa shape index (κ3) is 4.38. The van der Waals surface area contributed by atoms with Crippen LogP contribution in [0.15, 0.2) is 42.3 Å². The van der Waals surface area contributed by atoms with E-state index in [0.717, 1.165) is 38.0 Å². The lowest BCUT2D eigenvalue weighted by Crippen LogP contribution is -2.54. The number of halogens is 1. The maximum atomic E-state index is 13.6. The summed E-state index contributed by atoms with van der Waals surface area (Å²) in [4.78, 5) is 30.1. The lowest BCUT2D eigenvalue weighted by atomic mass is 9.79. The van der Waals surface area contributed by atoms with Gasteiger partial charge in [-0.05, 0) is 62.6 Å². The minimum Gasteiger partial charge on any atom is -0.362 e. The molecule has 1 amide bonds. The fourth-order valence-electron chi connectivity index (χ4n) is 5.39. The van der Waals surface area contributed by atoms with Gasteiger partial charge in [-0.1, -0.05) is 6.08 Å². The van der Waals surface area contributed by atoms with Gasteiger partial charge in [0.05, 0.1) is 11.8 Å². The highest BCUT2D eigenvalue weighted by Crippen LogP contribution is 2.40. The zero-order valence-electron chi connectivity index (χ0n) is 18.2. The van der Waals surface area contributed by atoms with E-state index in [1.165, 1.54) is 12.2 Å². The number of piperidine rings is 2. The average molecular weight is 441 g/mol. The Hall–Kier alpha value is -2.45. The maximum Gasteiger partial charge on any atom is 0.225 e. The molecular weight excluding hydrogens is 411 g/mol. The number of Topliss-reactive ketones (excluding diaryl/α,β-unsaturated/α-hetero) is 1. The van der Waals surface area contributed by atoms with Crippen LogP contribution in [-0.2, 0) is 20.9 Å². The predicted octanol–water partition coefficient (Wildman–Crippen LogP) is 2.24. The molecule has 0 aromatic carbocycles. The van der Waals surface area contributed by atoms with E-state index in [9.17, 15) is 14.0 Å². The predicted molar refractivity (Wildman–Crippen MR) is 115 cm³/mol. The summed E-state index contributed by atoms with van der Waals surface area (Å²) in [5, 5.41) is 7.75. The van der Waals surface area contributed by atoms with Gasteiger partial charge in [-0.2, -0.15) is 10.2 Å². The van der Waals surface area contributed by atoms with Gasteiger partial charge >= 0.3 is 0 Å². The molecule has 3 aliphatic heterocycles. The number of allylic oxidation sites excluding steroid dienone is 2. The maximum absolute atomic E-state index is 13.6. The third-order valence-corrected chi connectivity index (χ3v) is 7.27. The van der Waals surface area contributed by atoms with E-state index in [-0.39, 0.29) is 24.0 Å². The van der Waals surface area contributed by atoms with Crippen LogP contribution in [0.4, 0.5) is 4.39 Å². The van der Waals surface area contributed by atoms with Crippen LogP contribution in [0.5, 0.6) is 0 Å². The molecule has 4 heterocycles. The number of carbonyl (C=O) groups is 2. The van der Waals surface area contributed by atoms with Crippen molar-refractivity contribution in [2.75, 3.05) is 26.2 Å². The summed E-state index contributed by atoms with van der Waals surface area (Å²) in [6.45, 7) is 3.84. The molecule has 3 fully saturated rings. The summed E-state index contributed by atoms with van der Waals surface area (Å²) in [5.41, 5.74) is 1.05. The Morgan fingerprint density at radius 3 is 2.66 bits per heavy atom. The Bertz CT molecular complexity index is 918. The molecule has 0 N–H and O–H groups in total. The number of aromatic nitrogens is 2. The molecule has 1 aliphatic carbocycles. The van der Waals surface area contributed by atoms with Gasteiger partial charge < -0.3 is 9.64 Å². The fraction of sp³-hybridized carbons (Fsp3) is 0.583. The standard InChI is InChI=1S/C24H29FN4O3/c25-19-1-2-22-20(13-19)21(30)14-24(32-22)6-11-29(12-7-24)23(31)18-4-9-28(10-5-18)16-17-3-8-26-27-15-17/h1-3,8,13,15,18-19,22H,4-7,9-12,14,16H2. The quantitative estimate of drug-likeness (QED) is 0.671. The Morgan fingerprint density at radius 2 is 1.94 bits per heavy atom. The zero-order valence-corrected chi connectivity index (χ0v) is 18.2. The van der Waals surface area contributed by atoms with Crippen molar-refractivity contribution in [3.8, 4) is 0 Å². The Labute approximate surface area is 187 Å². The average Bonchev–Trinajstić information content (AvgIpc) is 2.81. The molecule has 1 spiro atoms. The van der Waals surface area contributed by atoms with E-state index in [4.69, 9.17) is 4.74 Å². The van der Waals surface area contributed by atoms with Crippen molar-refractivity contribution in [3.63, 3.8) is 0 Å². The van der Waals surface area contributed by atoms with E-state index in [1.54, 1.807) is 18.5 Å². The van der Waals surface area contributed by atoms with Gasteiger partial charge in [-0.3, -0.25) is 14.5 Å². The SMILES string of the molecule is O=C1CC2(CCN(C(=O)C3CCN(Cc4ccnnc4)CC3)CC2)OC2C=CC(F)C=C12. The topological polar surface area (TPSA) is 75.6 Å². The van der Waals surface area contributed by atoms with Crippen LogP contribution in [0.3, 0.4) is 0 Å². The number of carbonyl (C=O) groups excluding carboxylic acids is 2. The highest BCUT2D eigenvalue weighted by Gasteiger charge is 2.46. The second-order valence-electron chi connectivity index (χ2n) is 9.40. The van der Waals surface area contributed by atoms with Gasteiger partial charge in [0.2, 0.25) is 5.91 Å². The first-order valence-electron chi connectivity index (χ1n) is 11.5. The third-order valence-electron chi connectivity index (χ3n) is 7.27. The number of alkyl halides is 1. The van der Waals surface area contributed by atoms with E-state index in [1.807, 2.05) is 11.0 Å². The Morgan fingerprint density at radius 1 is 1.16 bits per heavy atom. The van der Waals surface area contributed by atoms with Crippen molar-refractivity contribution in [1.29, 1.82) is 0 Å². The number of nitrogens with zero attached hydrogens (tertiary/aromatic N) is 4. The molecular formula is C24H29FN4O3. The van der Waals surface area contributed by atoms with Crippen LogP contribution in [-0.4, -0.2) is 75.7 Å². The number of hydrogen-bond acceptors (Lipinski definition) is 6. The van der Waals surface area contributed by atoms with Gasteiger partial charge in [0.15, 0.2) is 5.78 Å². The number of rotatable bonds is 3. The van der Waals surface area contributed by atoms with Crippen molar-refractivity contribution in [1.82, 2.24) is 20.0 Å². The highest BCUT2D eigenvalue weighted by molar-refractivity contribution is 5.98. The van der Waals surface area contributed by atoms with Crippen LogP contribution in [0.25, 0.3) is 0 Å². The van der Waals surface area contributed by atoms with Gasteiger partial charge in [-0.25, -0.2) is 4.39 Å². The van der Waals surface area contributed by atoms with Crippen molar-refractivity contribution in [2.45, 2.75) is 56.5 Å². The number of fused-ring (bicyclic) bond motifs is 1. The number of ether oxygens (including phenoxy) is 1. The smallest absolute Gasteiger partial charge is 0.225 e. The van der Waals surface area contributed by atoms with E-state index < -0.39 is 17.9 Å². The van der Waals surface area contributed by atoms with Crippen molar-refractivity contribution in [3.05, 3.63) is 47.8 Å². The lowest BCUT2D eigenvalue weighted by molar-refractivity contribution is -0.155. The van der Waals surface area contributed by atoms with Gasteiger partial charge in [0.25, 0.3) is 0 Å². The zero-order chi connectivity index (χ0) is 22.1. The van der Waals surface area contributed by atoms with Crippen LogP contribution < -0.4 is 0 Å². The van der Waals surface area contributed by atoms with Crippen molar-refractivity contribution in [2.24, 2.45) is 5.92 Å². The molecule has 170 valence electrons. The Balaban J connectivity index is 1.13. The summed E-state index contributed by atoms with van der Waals surface area (Å²) < 4.78 is 19.9. The summed E-state index contributed by atoms with van der Waals surface area (Å²) in [6, 6.07) is 1.98. The number of hydrogen-bond donors (Lipinski definition) is 0. The summed E-state index contributed by atoms with van der Waals surface area (Å²) >= 11 is 0. The molecule has 4 aliphatic rings. The Kier molecular flexibility index (Phi) is 5.90. The first kappa shape index (κ1) is 21.4. The molecule has 2 unspecified atom stereocenters.